The minimum absolute atomic E-state index is 0.292. The molecule has 13 heavy (non-hydrogen) atoms. The topological polar surface area (TPSA) is 20.2 Å². The van der Waals surface area contributed by atoms with Gasteiger partial charge in [-0.05, 0) is 24.1 Å². The third-order valence-electron chi connectivity index (χ3n) is 1.88. The molecule has 0 saturated heterocycles. The second-order valence-electron chi connectivity index (χ2n) is 2.97. The summed E-state index contributed by atoms with van der Waals surface area (Å²) in [5.74, 6) is -0.292. The number of benzene rings is 1. The summed E-state index contributed by atoms with van der Waals surface area (Å²) in [5.41, 5.74) is 0.753. The number of hydrogen-bond acceptors (Lipinski definition) is 1. The zero-order valence-corrected chi connectivity index (χ0v) is 9.01. The summed E-state index contributed by atoms with van der Waals surface area (Å²) in [6, 6.07) is 4.34. The number of aliphatic hydroxyl groups excluding tert-OH is 1. The highest BCUT2D eigenvalue weighted by Crippen LogP contribution is 2.26. The van der Waals surface area contributed by atoms with E-state index in [0.717, 1.165) is 12.0 Å². The molecule has 0 spiro atoms. The Balaban J connectivity index is 2.88. The van der Waals surface area contributed by atoms with Crippen molar-refractivity contribution in [3.8, 4) is 0 Å². The Morgan fingerprint density at radius 2 is 2.23 bits per heavy atom. The molecule has 1 rings (SSSR count). The van der Waals surface area contributed by atoms with Gasteiger partial charge >= 0.3 is 0 Å². The first-order valence-corrected chi connectivity index (χ1v) is 5.07. The van der Waals surface area contributed by atoms with E-state index >= 15 is 0 Å². The van der Waals surface area contributed by atoms with Crippen LogP contribution in [0, 0.1) is 5.82 Å². The van der Waals surface area contributed by atoms with Crippen LogP contribution in [0.25, 0.3) is 0 Å². The standard InChI is InChI=1S/C10H12BrFO/c1-2-3-10(13)8-5-4-7(12)6-9(8)11/h4-6,10,13H,2-3H2,1H3/t10-/m1/s1. The van der Waals surface area contributed by atoms with E-state index in [-0.39, 0.29) is 5.82 Å². The molecule has 0 heterocycles. The lowest BCUT2D eigenvalue weighted by Gasteiger charge is -2.11. The molecule has 0 aromatic heterocycles. The lowest BCUT2D eigenvalue weighted by Crippen LogP contribution is -1.98. The highest BCUT2D eigenvalue weighted by atomic mass is 79.9. The van der Waals surface area contributed by atoms with E-state index in [4.69, 9.17) is 0 Å². The molecule has 1 aromatic carbocycles. The molecular formula is C10H12BrFO. The van der Waals surface area contributed by atoms with Gasteiger partial charge in [-0.3, -0.25) is 0 Å². The number of hydrogen-bond donors (Lipinski definition) is 1. The van der Waals surface area contributed by atoms with Gasteiger partial charge < -0.3 is 5.11 Å². The lowest BCUT2D eigenvalue weighted by atomic mass is 10.1. The molecular weight excluding hydrogens is 235 g/mol. The van der Waals surface area contributed by atoms with E-state index < -0.39 is 6.10 Å². The molecule has 0 aliphatic heterocycles. The third-order valence-corrected chi connectivity index (χ3v) is 2.57. The van der Waals surface area contributed by atoms with Crippen molar-refractivity contribution in [3.05, 3.63) is 34.1 Å². The fourth-order valence-electron chi connectivity index (χ4n) is 1.20. The van der Waals surface area contributed by atoms with E-state index in [1.165, 1.54) is 12.1 Å². The summed E-state index contributed by atoms with van der Waals surface area (Å²) >= 11 is 3.22. The van der Waals surface area contributed by atoms with Crippen LogP contribution in [0.5, 0.6) is 0 Å². The molecule has 0 bridgehead atoms. The first-order valence-electron chi connectivity index (χ1n) is 4.28. The Kier molecular flexibility index (Phi) is 3.88. The van der Waals surface area contributed by atoms with Gasteiger partial charge in [0.1, 0.15) is 5.82 Å². The van der Waals surface area contributed by atoms with Crippen LogP contribution in [-0.4, -0.2) is 5.11 Å². The average Bonchev–Trinajstić information content (AvgIpc) is 2.04. The van der Waals surface area contributed by atoms with E-state index in [1.54, 1.807) is 6.07 Å². The Morgan fingerprint density at radius 3 is 2.77 bits per heavy atom. The van der Waals surface area contributed by atoms with E-state index in [2.05, 4.69) is 15.9 Å². The van der Waals surface area contributed by atoms with Crippen LogP contribution in [0.1, 0.15) is 31.4 Å². The summed E-state index contributed by atoms with van der Waals surface area (Å²) < 4.78 is 13.3. The smallest absolute Gasteiger partial charge is 0.124 e. The molecule has 1 nitrogen and oxygen atoms in total. The van der Waals surface area contributed by atoms with Gasteiger partial charge in [0, 0.05) is 4.47 Å². The third kappa shape index (κ3) is 2.78. The van der Waals surface area contributed by atoms with Crippen molar-refractivity contribution >= 4 is 15.9 Å². The maximum absolute atomic E-state index is 12.7. The van der Waals surface area contributed by atoms with E-state index in [0.29, 0.717) is 10.9 Å². The fraction of sp³-hybridized carbons (Fsp3) is 0.400. The molecule has 3 heteroatoms. The number of aliphatic hydroxyl groups is 1. The molecule has 0 aliphatic rings. The summed E-state index contributed by atoms with van der Waals surface area (Å²) in [5, 5.41) is 9.64. The van der Waals surface area contributed by atoms with Crippen LogP contribution >= 0.6 is 15.9 Å². The van der Waals surface area contributed by atoms with E-state index in [9.17, 15) is 9.50 Å². The predicted octanol–water partition coefficient (Wildman–Crippen LogP) is 3.42. The molecule has 0 radical (unpaired) electrons. The fourth-order valence-corrected chi connectivity index (χ4v) is 1.82. The molecule has 1 atom stereocenters. The van der Waals surface area contributed by atoms with Gasteiger partial charge in [-0.25, -0.2) is 4.39 Å². The first-order chi connectivity index (χ1) is 6.15. The Bertz CT molecular complexity index is 288. The highest BCUT2D eigenvalue weighted by Gasteiger charge is 2.10. The van der Waals surface area contributed by atoms with Crippen molar-refractivity contribution in [2.45, 2.75) is 25.9 Å². The second kappa shape index (κ2) is 4.72. The summed E-state index contributed by atoms with van der Waals surface area (Å²) in [6.45, 7) is 2.00. The van der Waals surface area contributed by atoms with Crippen molar-refractivity contribution in [2.24, 2.45) is 0 Å². The zero-order valence-electron chi connectivity index (χ0n) is 7.43. The first kappa shape index (κ1) is 10.7. The highest BCUT2D eigenvalue weighted by molar-refractivity contribution is 9.10. The minimum atomic E-state index is -0.500. The van der Waals surface area contributed by atoms with Crippen LogP contribution in [-0.2, 0) is 0 Å². The number of halogens is 2. The van der Waals surface area contributed by atoms with Gasteiger partial charge in [0.2, 0.25) is 0 Å². The van der Waals surface area contributed by atoms with Crippen molar-refractivity contribution < 1.29 is 9.50 Å². The molecule has 0 fully saturated rings. The molecule has 0 amide bonds. The van der Waals surface area contributed by atoms with Crippen LogP contribution in [0.3, 0.4) is 0 Å². The normalized spacial score (nSPS) is 12.9. The van der Waals surface area contributed by atoms with Gasteiger partial charge in [0.15, 0.2) is 0 Å². The Hall–Kier alpha value is -0.410. The molecule has 72 valence electrons. The zero-order chi connectivity index (χ0) is 9.84. The SMILES string of the molecule is CCC[C@@H](O)c1ccc(F)cc1Br. The quantitative estimate of drug-likeness (QED) is 0.867. The largest absolute Gasteiger partial charge is 0.388 e. The van der Waals surface area contributed by atoms with Crippen LogP contribution in [0.2, 0.25) is 0 Å². The van der Waals surface area contributed by atoms with Gasteiger partial charge in [-0.15, -0.1) is 0 Å². The predicted molar refractivity (Wildman–Crippen MR) is 54.0 cm³/mol. The molecule has 1 N–H and O–H groups in total. The Morgan fingerprint density at radius 1 is 1.54 bits per heavy atom. The molecule has 0 saturated carbocycles. The van der Waals surface area contributed by atoms with Crippen LogP contribution in [0.4, 0.5) is 4.39 Å². The van der Waals surface area contributed by atoms with Crippen molar-refractivity contribution in [3.63, 3.8) is 0 Å². The molecule has 0 aliphatic carbocycles. The summed E-state index contributed by atoms with van der Waals surface area (Å²) in [7, 11) is 0. The van der Waals surface area contributed by atoms with E-state index in [1.807, 2.05) is 6.92 Å². The monoisotopic (exact) mass is 246 g/mol. The summed E-state index contributed by atoms with van der Waals surface area (Å²) in [4.78, 5) is 0. The average molecular weight is 247 g/mol. The summed E-state index contributed by atoms with van der Waals surface area (Å²) in [6.07, 6.45) is 1.11. The molecule has 1 aromatic rings. The second-order valence-corrected chi connectivity index (χ2v) is 3.82. The van der Waals surface area contributed by atoms with Crippen LogP contribution < -0.4 is 0 Å². The maximum Gasteiger partial charge on any atom is 0.124 e. The minimum Gasteiger partial charge on any atom is -0.388 e. The van der Waals surface area contributed by atoms with Gasteiger partial charge in [0.25, 0.3) is 0 Å². The van der Waals surface area contributed by atoms with Gasteiger partial charge in [-0.2, -0.15) is 0 Å². The van der Waals surface area contributed by atoms with Crippen molar-refractivity contribution in [1.82, 2.24) is 0 Å². The maximum atomic E-state index is 12.7. The van der Waals surface area contributed by atoms with Gasteiger partial charge in [-0.1, -0.05) is 35.3 Å². The van der Waals surface area contributed by atoms with Crippen molar-refractivity contribution in [1.29, 1.82) is 0 Å². The number of rotatable bonds is 3. The van der Waals surface area contributed by atoms with Crippen LogP contribution in [0.15, 0.2) is 22.7 Å². The Labute approximate surface area is 85.7 Å². The lowest BCUT2D eigenvalue weighted by molar-refractivity contribution is 0.165. The van der Waals surface area contributed by atoms with Gasteiger partial charge in [0.05, 0.1) is 6.10 Å². The molecule has 0 unspecified atom stereocenters. The van der Waals surface area contributed by atoms with Crippen molar-refractivity contribution in [2.75, 3.05) is 0 Å².